The lowest BCUT2D eigenvalue weighted by Crippen LogP contribution is -2.33. The van der Waals surface area contributed by atoms with E-state index in [1.807, 2.05) is 33.7 Å². The van der Waals surface area contributed by atoms with E-state index in [-0.39, 0.29) is 5.91 Å². The number of carbonyl (C=O) groups is 1. The highest BCUT2D eigenvalue weighted by Gasteiger charge is 2.27. The monoisotopic (exact) mass is 297 g/mol. The molecule has 1 saturated heterocycles. The lowest BCUT2D eigenvalue weighted by Gasteiger charge is -2.22. The number of benzene rings is 1. The topological polar surface area (TPSA) is 47.4 Å². The van der Waals surface area contributed by atoms with Crippen LogP contribution in [0.3, 0.4) is 0 Å². The van der Waals surface area contributed by atoms with Crippen molar-refractivity contribution in [2.75, 3.05) is 13.1 Å². The molecule has 0 saturated carbocycles. The van der Waals surface area contributed by atoms with Gasteiger partial charge in [0.2, 0.25) is 0 Å². The van der Waals surface area contributed by atoms with Crippen molar-refractivity contribution >= 4 is 5.91 Å². The van der Waals surface area contributed by atoms with E-state index in [0.29, 0.717) is 12.3 Å². The number of imidazole rings is 1. The number of carbonyl (C=O) groups excluding carboxylic acids is 1. The summed E-state index contributed by atoms with van der Waals surface area (Å²) in [4.78, 5) is 19.1. The van der Waals surface area contributed by atoms with Crippen LogP contribution in [-0.4, -0.2) is 33.4 Å². The zero-order valence-corrected chi connectivity index (χ0v) is 12.5. The van der Waals surface area contributed by atoms with Crippen molar-refractivity contribution in [2.24, 2.45) is 0 Å². The Morgan fingerprint density at radius 1 is 1.09 bits per heavy atom. The Balaban J connectivity index is 1.68. The van der Waals surface area contributed by atoms with Crippen LogP contribution in [0.5, 0.6) is 5.75 Å². The first-order chi connectivity index (χ1) is 10.8. The van der Waals surface area contributed by atoms with Gasteiger partial charge in [-0.1, -0.05) is 25.0 Å². The minimum atomic E-state index is 0.0404. The van der Waals surface area contributed by atoms with Crippen molar-refractivity contribution in [1.29, 1.82) is 0 Å². The average Bonchev–Trinajstić information content (AvgIpc) is 2.81. The first kappa shape index (κ1) is 13.4. The van der Waals surface area contributed by atoms with E-state index in [9.17, 15) is 4.79 Å². The van der Waals surface area contributed by atoms with E-state index in [1.165, 1.54) is 12.8 Å². The largest absolute Gasteiger partial charge is 0.485 e. The number of hydrogen-bond donors (Lipinski definition) is 0. The molecule has 2 aliphatic rings. The molecule has 1 fully saturated rings. The van der Waals surface area contributed by atoms with Gasteiger partial charge < -0.3 is 9.64 Å². The summed E-state index contributed by atoms with van der Waals surface area (Å²) in [5.74, 6) is 0.875. The van der Waals surface area contributed by atoms with Crippen LogP contribution in [0.25, 0.3) is 5.69 Å². The minimum absolute atomic E-state index is 0.0404. The molecule has 5 nitrogen and oxygen atoms in total. The summed E-state index contributed by atoms with van der Waals surface area (Å²) >= 11 is 0. The first-order valence-corrected chi connectivity index (χ1v) is 7.92. The van der Waals surface area contributed by atoms with Gasteiger partial charge in [-0.3, -0.25) is 9.36 Å². The van der Waals surface area contributed by atoms with Crippen LogP contribution < -0.4 is 4.74 Å². The number of nitrogens with zero attached hydrogens (tertiary/aromatic N) is 3. The fraction of sp³-hybridized carbons (Fsp3) is 0.412. The predicted octanol–water partition coefficient (Wildman–Crippen LogP) is 2.78. The Bertz CT molecular complexity index is 700. The van der Waals surface area contributed by atoms with Gasteiger partial charge in [0, 0.05) is 13.1 Å². The fourth-order valence-electron chi connectivity index (χ4n) is 3.25. The van der Waals surface area contributed by atoms with Crippen LogP contribution in [0.15, 0.2) is 30.6 Å². The Morgan fingerprint density at radius 2 is 1.86 bits per heavy atom. The molecule has 3 heterocycles. The van der Waals surface area contributed by atoms with Crippen LogP contribution in [0.2, 0.25) is 0 Å². The number of amides is 1. The Labute approximate surface area is 129 Å². The van der Waals surface area contributed by atoms with Crippen molar-refractivity contribution in [1.82, 2.24) is 14.5 Å². The normalized spacial score (nSPS) is 17.2. The van der Waals surface area contributed by atoms with Crippen molar-refractivity contribution in [3.63, 3.8) is 0 Å². The van der Waals surface area contributed by atoms with E-state index in [2.05, 4.69) is 4.98 Å². The van der Waals surface area contributed by atoms with E-state index in [0.717, 1.165) is 43.1 Å². The number of aromatic nitrogens is 2. The third-order valence-corrected chi connectivity index (χ3v) is 4.45. The fourth-order valence-corrected chi connectivity index (χ4v) is 3.25. The van der Waals surface area contributed by atoms with Gasteiger partial charge in [0.1, 0.15) is 18.7 Å². The maximum absolute atomic E-state index is 12.8. The second kappa shape index (κ2) is 5.48. The molecule has 4 rings (SSSR count). The van der Waals surface area contributed by atoms with Gasteiger partial charge in [-0.05, 0) is 25.0 Å². The molecule has 0 radical (unpaired) electrons. The molecule has 0 aliphatic carbocycles. The number of ether oxygens (including phenoxy) is 1. The van der Waals surface area contributed by atoms with Crippen LogP contribution in [0.4, 0.5) is 0 Å². The highest BCUT2D eigenvalue weighted by molar-refractivity contribution is 5.93. The van der Waals surface area contributed by atoms with E-state index in [4.69, 9.17) is 4.74 Å². The van der Waals surface area contributed by atoms with Gasteiger partial charge in [0.05, 0.1) is 11.4 Å². The molecular formula is C17H19N3O2. The summed E-state index contributed by atoms with van der Waals surface area (Å²) in [5.41, 5.74) is 2.34. The van der Waals surface area contributed by atoms with Crippen molar-refractivity contribution < 1.29 is 9.53 Å². The number of hydrogen-bond acceptors (Lipinski definition) is 3. The lowest BCUT2D eigenvalue weighted by molar-refractivity contribution is 0.0753. The third-order valence-electron chi connectivity index (χ3n) is 4.45. The molecule has 0 N–H and O–H groups in total. The van der Waals surface area contributed by atoms with Crippen LogP contribution in [-0.2, 0) is 6.61 Å². The molecule has 0 unspecified atom stereocenters. The second-order valence-corrected chi connectivity index (χ2v) is 5.87. The number of para-hydroxylation sites is 2. The average molecular weight is 297 g/mol. The van der Waals surface area contributed by atoms with Crippen LogP contribution in [0.1, 0.15) is 41.9 Å². The standard InChI is InChI=1S/C17H19N3O2/c21-17(19-9-5-1-2-6-10-19)16-14-11-22-15-8-4-3-7-13(15)20(14)12-18-16/h3-4,7-8,12H,1-2,5-6,9-11H2. The molecule has 0 atom stereocenters. The predicted molar refractivity (Wildman–Crippen MR) is 82.3 cm³/mol. The molecule has 22 heavy (non-hydrogen) atoms. The molecule has 2 aliphatic heterocycles. The van der Waals surface area contributed by atoms with Gasteiger partial charge >= 0.3 is 0 Å². The van der Waals surface area contributed by atoms with Crippen LogP contribution in [0, 0.1) is 0 Å². The highest BCUT2D eigenvalue weighted by atomic mass is 16.5. The highest BCUT2D eigenvalue weighted by Crippen LogP contribution is 2.31. The Hall–Kier alpha value is -2.30. The Morgan fingerprint density at radius 3 is 2.68 bits per heavy atom. The van der Waals surface area contributed by atoms with E-state index in [1.54, 1.807) is 6.33 Å². The van der Waals surface area contributed by atoms with Gasteiger partial charge in [-0.2, -0.15) is 0 Å². The van der Waals surface area contributed by atoms with Gasteiger partial charge in [0.25, 0.3) is 5.91 Å². The van der Waals surface area contributed by atoms with Gasteiger partial charge in [-0.15, -0.1) is 0 Å². The molecule has 1 aromatic carbocycles. The van der Waals surface area contributed by atoms with Crippen molar-refractivity contribution in [2.45, 2.75) is 32.3 Å². The lowest BCUT2D eigenvalue weighted by atomic mass is 10.2. The summed E-state index contributed by atoms with van der Waals surface area (Å²) in [5, 5.41) is 0. The maximum atomic E-state index is 12.8. The molecular weight excluding hydrogens is 278 g/mol. The van der Waals surface area contributed by atoms with Crippen molar-refractivity contribution in [3.8, 4) is 11.4 Å². The summed E-state index contributed by atoms with van der Waals surface area (Å²) in [6.45, 7) is 2.07. The van der Waals surface area contributed by atoms with E-state index < -0.39 is 0 Å². The quantitative estimate of drug-likeness (QED) is 0.813. The molecule has 114 valence electrons. The summed E-state index contributed by atoms with van der Waals surface area (Å²) in [7, 11) is 0. The first-order valence-electron chi connectivity index (χ1n) is 7.92. The molecule has 0 spiro atoms. The molecule has 0 bridgehead atoms. The maximum Gasteiger partial charge on any atom is 0.274 e. The molecule has 1 aromatic heterocycles. The zero-order chi connectivity index (χ0) is 14.9. The van der Waals surface area contributed by atoms with Gasteiger partial charge in [0.15, 0.2) is 5.69 Å². The number of likely N-dealkylation sites (tertiary alicyclic amines) is 1. The zero-order valence-electron chi connectivity index (χ0n) is 12.5. The van der Waals surface area contributed by atoms with Crippen LogP contribution >= 0.6 is 0 Å². The summed E-state index contributed by atoms with van der Waals surface area (Å²) in [6.07, 6.45) is 6.33. The SMILES string of the molecule is O=C(c1ncn2c1COc1ccccc1-2)N1CCCCCC1. The summed E-state index contributed by atoms with van der Waals surface area (Å²) < 4.78 is 7.76. The van der Waals surface area contributed by atoms with Gasteiger partial charge in [-0.25, -0.2) is 4.98 Å². The number of rotatable bonds is 1. The molecule has 5 heteroatoms. The smallest absolute Gasteiger partial charge is 0.274 e. The summed E-state index contributed by atoms with van der Waals surface area (Å²) in [6, 6.07) is 7.84. The second-order valence-electron chi connectivity index (χ2n) is 5.87. The number of fused-ring (bicyclic) bond motifs is 3. The van der Waals surface area contributed by atoms with Crippen molar-refractivity contribution in [3.05, 3.63) is 42.0 Å². The molecule has 1 amide bonds. The third kappa shape index (κ3) is 2.17. The molecule has 2 aromatic rings. The Kier molecular flexibility index (Phi) is 3.33. The minimum Gasteiger partial charge on any atom is -0.485 e. The van der Waals surface area contributed by atoms with E-state index >= 15 is 0 Å².